The molecule has 0 radical (unpaired) electrons. The van der Waals surface area contributed by atoms with Gasteiger partial charge in [-0.05, 0) is 36.1 Å². The second-order valence-corrected chi connectivity index (χ2v) is 5.32. The maximum atomic E-state index is 13.4. The maximum absolute atomic E-state index is 13.4. The molecule has 2 fully saturated rings. The van der Waals surface area contributed by atoms with Gasteiger partial charge in [0.2, 0.25) is 0 Å². The number of nitrogens with zero attached hydrogens (tertiary/aromatic N) is 1. The first-order chi connectivity index (χ1) is 8.72. The fourth-order valence-electron chi connectivity index (χ4n) is 3.01. The standard InChI is InChI=1S/C14H19FN2O/c15-12-4-10(6-16)3-11(5-12)7-17-8-13-1-2-14(9-17)18-13/h3-5,13-14H,1-2,6-9,16H2. The number of fused-ring (bicyclic) bond motifs is 2. The van der Waals surface area contributed by atoms with Crippen LogP contribution in [0.4, 0.5) is 4.39 Å². The average molecular weight is 250 g/mol. The van der Waals surface area contributed by atoms with Crippen molar-refractivity contribution in [2.24, 2.45) is 5.73 Å². The van der Waals surface area contributed by atoms with Crippen LogP contribution in [0.15, 0.2) is 18.2 Å². The van der Waals surface area contributed by atoms with E-state index in [2.05, 4.69) is 4.90 Å². The number of likely N-dealkylation sites (tertiary alicyclic amines) is 1. The van der Waals surface area contributed by atoms with Crippen molar-refractivity contribution in [1.29, 1.82) is 0 Å². The van der Waals surface area contributed by atoms with Gasteiger partial charge < -0.3 is 10.5 Å². The molecule has 2 atom stereocenters. The minimum absolute atomic E-state index is 0.191. The SMILES string of the molecule is NCc1cc(F)cc(CN2CC3CCC(C2)O3)c1. The van der Waals surface area contributed by atoms with E-state index in [9.17, 15) is 4.39 Å². The van der Waals surface area contributed by atoms with Crippen LogP contribution in [0.2, 0.25) is 0 Å². The molecular formula is C14H19FN2O. The van der Waals surface area contributed by atoms with Crippen LogP contribution in [0.1, 0.15) is 24.0 Å². The van der Waals surface area contributed by atoms with Crippen molar-refractivity contribution in [2.45, 2.75) is 38.1 Å². The van der Waals surface area contributed by atoms with Gasteiger partial charge in [0, 0.05) is 26.2 Å². The molecule has 2 aliphatic heterocycles. The van der Waals surface area contributed by atoms with Gasteiger partial charge in [0.05, 0.1) is 12.2 Å². The monoisotopic (exact) mass is 250 g/mol. The summed E-state index contributed by atoms with van der Waals surface area (Å²) in [4.78, 5) is 2.36. The van der Waals surface area contributed by atoms with E-state index in [-0.39, 0.29) is 5.82 Å². The van der Waals surface area contributed by atoms with Gasteiger partial charge in [-0.2, -0.15) is 0 Å². The van der Waals surface area contributed by atoms with E-state index in [1.807, 2.05) is 6.07 Å². The Morgan fingerprint density at radius 1 is 1.17 bits per heavy atom. The van der Waals surface area contributed by atoms with Crippen molar-refractivity contribution in [1.82, 2.24) is 4.90 Å². The molecule has 2 N–H and O–H groups in total. The van der Waals surface area contributed by atoms with E-state index >= 15 is 0 Å². The zero-order valence-electron chi connectivity index (χ0n) is 10.4. The highest BCUT2D eigenvalue weighted by Crippen LogP contribution is 2.27. The minimum Gasteiger partial charge on any atom is -0.372 e. The molecule has 4 heteroatoms. The van der Waals surface area contributed by atoms with E-state index in [4.69, 9.17) is 10.5 Å². The van der Waals surface area contributed by atoms with Crippen LogP contribution in [-0.4, -0.2) is 30.2 Å². The lowest BCUT2D eigenvalue weighted by Gasteiger charge is -2.32. The van der Waals surface area contributed by atoms with Crippen molar-refractivity contribution in [3.63, 3.8) is 0 Å². The van der Waals surface area contributed by atoms with Gasteiger partial charge in [0.15, 0.2) is 0 Å². The quantitative estimate of drug-likeness (QED) is 0.886. The van der Waals surface area contributed by atoms with E-state index in [0.717, 1.165) is 30.8 Å². The molecule has 1 aromatic rings. The average Bonchev–Trinajstić information content (AvgIpc) is 2.68. The topological polar surface area (TPSA) is 38.5 Å². The van der Waals surface area contributed by atoms with E-state index in [0.29, 0.717) is 18.8 Å². The fraction of sp³-hybridized carbons (Fsp3) is 0.571. The zero-order chi connectivity index (χ0) is 12.5. The Morgan fingerprint density at radius 3 is 2.50 bits per heavy atom. The minimum atomic E-state index is -0.191. The zero-order valence-corrected chi connectivity index (χ0v) is 10.4. The number of hydrogen-bond donors (Lipinski definition) is 1. The third-order valence-corrected chi connectivity index (χ3v) is 3.78. The number of ether oxygens (including phenoxy) is 1. The maximum Gasteiger partial charge on any atom is 0.123 e. The number of hydrogen-bond acceptors (Lipinski definition) is 3. The van der Waals surface area contributed by atoms with Crippen LogP contribution in [0, 0.1) is 5.82 Å². The summed E-state index contributed by atoms with van der Waals surface area (Å²) >= 11 is 0. The molecule has 18 heavy (non-hydrogen) atoms. The first-order valence-corrected chi connectivity index (χ1v) is 6.59. The molecule has 0 saturated carbocycles. The molecular weight excluding hydrogens is 231 g/mol. The Bertz CT molecular complexity index is 426. The predicted molar refractivity (Wildman–Crippen MR) is 67.5 cm³/mol. The van der Waals surface area contributed by atoms with Gasteiger partial charge in [-0.3, -0.25) is 4.90 Å². The van der Waals surface area contributed by atoms with Crippen LogP contribution in [0.3, 0.4) is 0 Å². The van der Waals surface area contributed by atoms with Gasteiger partial charge >= 0.3 is 0 Å². The lowest BCUT2D eigenvalue weighted by atomic mass is 10.1. The van der Waals surface area contributed by atoms with Crippen molar-refractivity contribution in [3.8, 4) is 0 Å². The Morgan fingerprint density at radius 2 is 1.83 bits per heavy atom. The summed E-state index contributed by atoms with van der Waals surface area (Å²) in [7, 11) is 0. The van der Waals surface area contributed by atoms with Crippen molar-refractivity contribution in [3.05, 3.63) is 35.1 Å². The number of morpholine rings is 1. The normalized spacial score (nSPS) is 27.7. The Kier molecular flexibility index (Phi) is 3.33. The Hall–Kier alpha value is -0.970. The number of nitrogens with two attached hydrogens (primary N) is 1. The number of rotatable bonds is 3. The van der Waals surface area contributed by atoms with Crippen LogP contribution in [-0.2, 0) is 17.8 Å². The molecule has 3 rings (SSSR count). The molecule has 2 aliphatic rings. The van der Waals surface area contributed by atoms with E-state index in [1.54, 1.807) is 6.07 Å². The van der Waals surface area contributed by atoms with Gasteiger partial charge in [-0.1, -0.05) is 6.07 Å². The third kappa shape index (κ3) is 2.55. The largest absolute Gasteiger partial charge is 0.372 e. The highest BCUT2D eigenvalue weighted by atomic mass is 19.1. The first kappa shape index (κ1) is 12.1. The van der Waals surface area contributed by atoms with Gasteiger partial charge in [0.25, 0.3) is 0 Å². The summed E-state index contributed by atoms with van der Waals surface area (Å²) in [5.41, 5.74) is 7.45. The Balaban J connectivity index is 1.70. The third-order valence-electron chi connectivity index (χ3n) is 3.78. The number of halogens is 1. The highest BCUT2D eigenvalue weighted by Gasteiger charge is 2.33. The van der Waals surface area contributed by atoms with Crippen LogP contribution >= 0.6 is 0 Å². The van der Waals surface area contributed by atoms with Crippen molar-refractivity contribution in [2.75, 3.05) is 13.1 Å². The molecule has 1 aromatic carbocycles. The summed E-state index contributed by atoms with van der Waals surface area (Å²) in [5.74, 6) is -0.191. The summed E-state index contributed by atoms with van der Waals surface area (Å²) in [6.45, 7) is 3.11. The summed E-state index contributed by atoms with van der Waals surface area (Å²) in [5, 5.41) is 0. The summed E-state index contributed by atoms with van der Waals surface area (Å²) in [6, 6.07) is 5.11. The van der Waals surface area contributed by atoms with Gasteiger partial charge in [-0.15, -0.1) is 0 Å². The van der Waals surface area contributed by atoms with Gasteiger partial charge in [-0.25, -0.2) is 4.39 Å². The van der Waals surface area contributed by atoms with E-state index < -0.39 is 0 Å². The molecule has 2 unspecified atom stereocenters. The molecule has 2 saturated heterocycles. The number of benzene rings is 1. The molecule has 0 spiro atoms. The van der Waals surface area contributed by atoms with E-state index in [1.165, 1.54) is 18.9 Å². The van der Waals surface area contributed by atoms with Crippen molar-refractivity contribution < 1.29 is 9.13 Å². The lowest BCUT2D eigenvalue weighted by Crippen LogP contribution is -2.42. The molecule has 2 bridgehead atoms. The van der Waals surface area contributed by atoms with Gasteiger partial charge in [0.1, 0.15) is 5.82 Å². The predicted octanol–water partition coefficient (Wildman–Crippen LogP) is 1.65. The molecule has 0 aromatic heterocycles. The summed E-state index contributed by atoms with van der Waals surface area (Å²) in [6.07, 6.45) is 3.09. The second kappa shape index (κ2) is 4.96. The Labute approximate surface area is 107 Å². The van der Waals surface area contributed by atoms with Crippen LogP contribution < -0.4 is 5.73 Å². The molecule has 2 heterocycles. The summed E-state index contributed by atoms with van der Waals surface area (Å²) < 4.78 is 19.2. The van der Waals surface area contributed by atoms with Crippen molar-refractivity contribution >= 4 is 0 Å². The second-order valence-electron chi connectivity index (χ2n) is 5.32. The highest BCUT2D eigenvalue weighted by molar-refractivity contribution is 5.24. The van der Waals surface area contributed by atoms with Crippen LogP contribution in [0.5, 0.6) is 0 Å². The van der Waals surface area contributed by atoms with Crippen LogP contribution in [0.25, 0.3) is 0 Å². The molecule has 0 amide bonds. The fourth-order valence-corrected chi connectivity index (χ4v) is 3.01. The molecule has 98 valence electrons. The lowest BCUT2D eigenvalue weighted by molar-refractivity contribution is -0.0410. The first-order valence-electron chi connectivity index (χ1n) is 6.59. The molecule has 3 nitrogen and oxygen atoms in total. The smallest absolute Gasteiger partial charge is 0.123 e. The molecule has 0 aliphatic carbocycles.